The molecule has 0 spiro atoms. The molecule has 2 amide bonds. The first-order valence-corrected chi connectivity index (χ1v) is 15.5. The van der Waals surface area contributed by atoms with E-state index in [1.54, 1.807) is 10.7 Å². The lowest BCUT2D eigenvalue weighted by molar-refractivity contribution is -0.118. The number of anilines is 3. The van der Waals surface area contributed by atoms with Gasteiger partial charge in [-0.1, -0.05) is 36.4 Å². The summed E-state index contributed by atoms with van der Waals surface area (Å²) in [6.45, 7) is 7.56. The maximum atomic E-state index is 14.5. The molecule has 2 aromatic carbocycles. The van der Waals surface area contributed by atoms with E-state index in [0.717, 1.165) is 54.0 Å². The van der Waals surface area contributed by atoms with Crippen molar-refractivity contribution in [2.45, 2.75) is 52.5 Å². The quantitative estimate of drug-likeness (QED) is 0.210. The lowest BCUT2D eigenvalue weighted by atomic mass is 9.94. The van der Waals surface area contributed by atoms with Gasteiger partial charge in [0.05, 0.1) is 17.5 Å². The topological polar surface area (TPSA) is 104 Å². The Morgan fingerprint density at radius 2 is 1.82 bits per heavy atom. The Morgan fingerprint density at radius 1 is 1.04 bits per heavy atom. The number of fused-ring (bicyclic) bond motifs is 1. The van der Waals surface area contributed by atoms with Crippen molar-refractivity contribution in [3.05, 3.63) is 107 Å². The standard InChI is InChI=1S/C35H38FN7O2/c1-22-12-13-26(34(44)40-28-17-27(36)18-29(19-28)42-14-8-5-9-15-42)16-31(22)41-33-32-23(2)30(20-43(32)38-21-37-33)35(45)39-24(3)25-10-6-4-7-11-25/h4,6-7,10-12,16-21,24,26H,5,8-9,13-15H2,1-3H3,(H,39,45)(H,40,44)(H,37,38,41). The average molecular weight is 608 g/mol. The summed E-state index contributed by atoms with van der Waals surface area (Å²) in [5.74, 6) is -0.737. The summed E-state index contributed by atoms with van der Waals surface area (Å²) in [5.41, 5.74) is 5.86. The summed E-state index contributed by atoms with van der Waals surface area (Å²) in [7, 11) is 0. The zero-order valence-electron chi connectivity index (χ0n) is 25.8. The van der Waals surface area contributed by atoms with Crippen LogP contribution in [0.1, 0.15) is 67.1 Å². The molecule has 45 heavy (non-hydrogen) atoms. The van der Waals surface area contributed by atoms with Crippen LogP contribution in [0.15, 0.2) is 84.5 Å². The number of amides is 2. The fourth-order valence-electron chi connectivity index (χ4n) is 6.06. The molecule has 1 aliphatic heterocycles. The van der Waals surface area contributed by atoms with E-state index in [-0.39, 0.29) is 23.7 Å². The highest BCUT2D eigenvalue weighted by Crippen LogP contribution is 2.30. The van der Waals surface area contributed by atoms with E-state index in [1.165, 1.54) is 24.9 Å². The number of carbonyl (C=O) groups is 2. The molecule has 10 heteroatoms. The minimum absolute atomic E-state index is 0.170. The van der Waals surface area contributed by atoms with E-state index in [9.17, 15) is 14.0 Å². The van der Waals surface area contributed by atoms with Gasteiger partial charge in [-0.05, 0) is 87.4 Å². The van der Waals surface area contributed by atoms with E-state index >= 15 is 0 Å². The highest BCUT2D eigenvalue weighted by Gasteiger charge is 2.24. The van der Waals surface area contributed by atoms with Crippen LogP contribution in [0.4, 0.5) is 21.6 Å². The average Bonchev–Trinajstić information content (AvgIpc) is 3.39. The number of nitrogens with one attached hydrogen (secondary N) is 3. The first kappa shape index (κ1) is 30.1. The summed E-state index contributed by atoms with van der Waals surface area (Å²) < 4.78 is 16.2. The van der Waals surface area contributed by atoms with Crippen LogP contribution in [0.2, 0.25) is 0 Å². The molecule has 232 valence electrons. The van der Waals surface area contributed by atoms with Crippen LogP contribution in [0.3, 0.4) is 0 Å². The third kappa shape index (κ3) is 6.60. The molecule has 0 bridgehead atoms. The van der Waals surface area contributed by atoms with Crippen molar-refractivity contribution in [1.82, 2.24) is 19.9 Å². The van der Waals surface area contributed by atoms with Gasteiger partial charge in [-0.2, -0.15) is 5.10 Å². The molecule has 0 saturated carbocycles. The van der Waals surface area contributed by atoms with Crippen LogP contribution in [0.25, 0.3) is 5.52 Å². The Labute approximate surface area is 262 Å². The van der Waals surface area contributed by atoms with Crippen LogP contribution in [0, 0.1) is 18.7 Å². The van der Waals surface area contributed by atoms with E-state index in [1.807, 2.05) is 69.3 Å². The molecule has 2 atom stereocenters. The van der Waals surface area contributed by atoms with Gasteiger partial charge in [0.15, 0.2) is 5.82 Å². The molecule has 9 nitrogen and oxygen atoms in total. The molecule has 4 aromatic rings. The van der Waals surface area contributed by atoms with Crippen LogP contribution >= 0.6 is 0 Å². The summed E-state index contributed by atoms with van der Waals surface area (Å²) in [5, 5.41) is 13.7. The van der Waals surface area contributed by atoms with Crippen LogP contribution in [0.5, 0.6) is 0 Å². The number of piperidine rings is 1. The summed E-state index contributed by atoms with van der Waals surface area (Å²) in [6, 6.07) is 14.4. The van der Waals surface area contributed by atoms with E-state index in [2.05, 4.69) is 30.9 Å². The number of allylic oxidation sites excluding steroid dienone is 2. The number of carbonyl (C=O) groups excluding carboxylic acids is 2. The van der Waals surface area contributed by atoms with Gasteiger partial charge in [-0.3, -0.25) is 9.59 Å². The Hall–Kier alpha value is -4.99. The number of hydrogen-bond acceptors (Lipinski definition) is 6. The van der Waals surface area contributed by atoms with E-state index in [0.29, 0.717) is 29.0 Å². The highest BCUT2D eigenvalue weighted by atomic mass is 19.1. The number of aromatic nitrogens is 3. The van der Waals surface area contributed by atoms with E-state index in [4.69, 9.17) is 0 Å². The molecule has 1 fully saturated rings. The summed E-state index contributed by atoms with van der Waals surface area (Å²) in [4.78, 5) is 33.3. The largest absolute Gasteiger partial charge is 0.371 e. The molecule has 1 aliphatic carbocycles. The second-order valence-corrected chi connectivity index (χ2v) is 11.8. The minimum atomic E-state index is -0.468. The SMILES string of the molecule is CC1=CCC(C(=O)Nc2cc(F)cc(N3CCCCC3)c2)C=C1Nc1ncnn2cc(C(=O)NC(C)c3ccccc3)c(C)c12. The minimum Gasteiger partial charge on any atom is -0.371 e. The number of halogens is 1. The predicted octanol–water partition coefficient (Wildman–Crippen LogP) is 6.56. The van der Waals surface area contributed by atoms with Gasteiger partial charge in [-0.25, -0.2) is 13.9 Å². The van der Waals surface area contributed by atoms with Crippen molar-refractivity contribution in [2.75, 3.05) is 28.6 Å². The summed E-state index contributed by atoms with van der Waals surface area (Å²) in [6.07, 6.45) is 10.9. The molecular weight excluding hydrogens is 569 g/mol. The van der Waals surface area contributed by atoms with Gasteiger partial charge in [0.25, 0.3) is 5.91 Å². The van der Waals surface area contributed by atoms with Crippen molar-refractivity contribution in [1.29, 1.82) is 0 Å². The predicted molar refractivity (Wildman–Crippen MR) is 175 cm³/mol. The Balaban J connectivity index is 1.20. The number of aryl methyl sites for hydroxylation is 1. The second-order valence-electron chi connectivity index (χ2n) is 11.8. The van der Waals surface area contributed by atoms with Crippen molar-refractivity contribution >= 4 is 34.5 Å². The third-order valence-corrected chi connectivity index (χ3v) is 8.65. The maximum Gasteiger partial charge on any atom is 0.253 e. The molecular formula is C35H38FN7O2. The molecule has 1 saturated heterocycles. The molecule has 2 aromatic heterocycles. The zero-order valence-corrected chi connectivity index (χ0v) is 25.8. The molecule has 0 radical (unpaired) electrons. The van der Waals surface area contributed by atoms with Crippen molar-refractivity contribution < 1.29 is 14.0 Å². The Bertz CT molecular complexity index is 1790. The first-order chi connectivity index (χ1) is 21.8. The molecule has 2 aliphatic rings. The lowest BCUT2D eigenvalue weighted by Gasteiger charge is -2.29. The maximum absolute atomic E-state index is 14.5. The van der Waals surface area contributed by atoms with Gasteiger partial charge in [-0.15, -0.1) is 0 Å². The molecule has 3 heterocycles. The van der Waals surface area contributed by atoms with Crippen LogP contribution in [-0.4, -0.2) is 39.5 Å². The smallest absolute Gasteiger partial charge is 0.253 e. The van der Waals surface area contributed by atoms with Crippen LogP contribution < -0.4 is 20.9 Å². The number of hydrogen-bond donors (Lipinski definition) is 3. The highest BCUT2D eigenvalue weighted by molar-refractivity contribution is 5.99. The molecule has 6 rings (SSSR count). The van der Waals surface area contributed by atoms with Crippen molar-refractivity contribution in [3.8, 4) is 0 Å². The Morgan fingerprint density at radius 3 is 2.60 bits per heavy atom. The van der Waals surface area contributed by atoms with Crippen LogP contribution in [-0.2, 0) is 4.79 Å². The molecule has 2 unspecified atom stereocenters. The van der Waals surface area contributed by atoms with Gasteiger partial charge in [0.2, 0.25) is 5.91 Å². The number of nitrogens with zero attached hydrogens (tertiary/aromatic N) is 4. The van der Waals surface area contributed by atoms with Crippen molar-refractivity contribution in [3.63, 3.8) is 0 Å². The number of benzene rings is 2. The van der Waals surface area contributed by atoms with Gasteiger partial charge < -0.3 is 20.9 Å². The normalized spacial score (nSPS) is 17.3. The zero-order chi connectivity index (χ0) is 31.5. The Kier molecular flexibility index (Phi) is 8.64. The lowest BCUT2D eigenvalue weighted by Crippen LogP contribution is -2.29. The monoisotopic (exact) mass is 607 g/mol. The van der Waals surface area contributed by atoms with Gasteiger partial charge in [0.1, 0.15) is 17.7 Å². The number of rotatable bonds is 8. The van der Waals surface area contributed by atoms with E-state index < -0.39 is 5.92 Å². The third-order valence-electron chi connectivity index (χ3n) is 8.65. The van der Waals surface area contributed by atoms with Gasteiger partial charge >= 0.3 is 0 Å². The fraction of sp³-hybridized carbons (Fsp3) is 0.314. The van der Waals surface area contributed by atoms with Gasteiger partial charge in [0, 0.05) is 36.4 Å². The second kappa shape index (κ2) is 12.9. The van der Waals surface area contributed by atoms with Crippen molar-refractivity contribution in [2.24, 2.45) is 5.92 Å². The fourth-order valence-corrected chi connectivity index (χ4v) is 6.06. The first-order valence-electron chi connectivity index (χ1n) is 15.5. The summed E-state index contributed by atoms with van der Waals surface area (Å²) >= 11 is 0. The molecule has 3 N–H and O–H groups in total.